The molecule has 6 rings (SSSR count). The molecule has 3 aromatic heterocycles. The van der Waals surface area contributed by atoms with Crippen molar-refractivity contribution in [2.24, 2.45) is 5.73 Å². The standard InChI is InChI=1S/C22H29N9O/c23-20(32)17-4-3-9-30(17)22-25-19-10-14(12-29-7-1-2-8-29)13-31(19)21(26-22)24-18-11-16(27-28-18)15-5-6-15/h10-11,13,15,17H,1-9,12H2,(H2,23,32)(H2,24,25,26,27,28)/t17-/m0/s1. The van der Waals surface area contributed by atoms with E-state index in [1.165, 1.54) is 31.2 Å². The van der Waals surface area contributed by atoms with E-state index >= 15 is 0 Å². The fourth-order valence-electron chi connectivity index (χ4n) is 4.96. The highest BCUT2D eigenvalue weighted by molar-refractivity contribution is 5.83. The zero-order chi connectivity index (χ0) is 21.7. The average molecular weight is 436 g/mol. The van der Waals surface area contributed by atoms with Crippen molar-refractivity contribution in [2.45, 2.75) is 57.0 Å². The quantitative estimate of drug-likeness (QED) is 0.520. The van der Waals surface area contributed by atoms with E-state index in [2.05, 4.69) is 38.7 Å². The van der Waals surface area contributed by atoms with Crippen LogP contribution in [0.5, 0.6) is 0 Å². The number of carbonyl (C=O) groups excluding carboxylic acids is 1. The van der Waals surface area contributed by atoms with E-state index in [1.807, 2.05) is 9.30 Å². The number of hydrogen-bond donors (Lipinski definition) is 3. The molecule has 5 heterocycles. The van der Waals surface area contributed by atoms with Gasteiger partial charge in [0.05, 0.1) is 0 Å². The fraction of sp³-hybridized carbons (Fsp3) is 0.545. The van der Waals surface area contributed by atoms with Crippen LogP contribution in [0.4, 0.5) is 17.7 Å². The molecule has 2 aliphatic heterocycles. The fourth-order valence-corrected chi connectivity index (χ4v) is 4.96. The van der Waals surface area contributed by atoms with Crippen molar-refractivity contribution >= 4 is 29.3 Å². The lowest BCUT2D eigenvalue weighted by Crippen LogP contribution is -2.41. The summed E-state index contributed by atoms with van der Waals surface area (Å²) in [6, 6.07) is 3.81. The molecule has 3 aliphatic rings. The first kappa shape index (κ1) is 19.5. The number of likely N-dealkylation sites (tertiary alicyclic amines) is 1. The minimum atomic E-state index is -0.365. The minimum absolute atomic E-state index is 0.327. The number of anilines is 3. The van der Waals surface area contributed by atoms with Crippen molar-refractivity contribution < 1.29 is 4.79 Å². The van der Waals surface area contributed by atoms with Gasteiger partial charge in [0.25, 0.3) is 0 Å². The Morgan fingerprint density at radius 1 is 1.12 bits per heavy atom. The number of nitrogens with one attached hydrogen (secondary N) is 2. The molecule has 1 atom stereocenters. The van der Waals surface area contributed by atoms with Gasteiger partial charge in [0.15, 0.2) is 5.82 Å². The molecular weight excluding hydrogens is 406 g/mol. The number of H-pyrrole nitrogens is 1. The highest BCUT2D eigenvalue weighted by Crippen LogP contribution is 2.39. The molecule has 0 bridgehead atoms. The van der Waals surface area contributed by atoms with E-state index in [-0.39, 0.29) is 11.9 Å². The summed E-state index contributed by atoms with van der Waals surface area (Å²) in [7, 11) is 0. The number of fused-ring (bicyclic) bond motifs is 1. The van der Waals surface area contributed by atoms with Gasteiger partial charge in [0, 0.05) is 37.0 Å². The van der Waals surface area contributed by atoms with Crippen molar-refractivity contribution in [2.75, 3.05) is 29.9 Å². The molecule has 10 nitrogen and oxygen atoms in total. The van der Waals surface area contributed by atoms with Gasteiger partial charge >= 0.3 is 0 Å². The summed E-state index contributed by atoms with van der Waals surface area (Å²) < 4.78 is 1.98. The first-order valence-corrected chi connectivity index (χ1v) is 11.6. The van der Waals surface area contributed by atoms with Crippen LogP contribution in [0.3, 0.4) is 0 Å². The second-order valence-corrected chi connectivity index (χ2v) is 9.27. The van der Waals surface area contributed by atoms with E-state index in [1.54, 1.807) is 0 Å². The van der Waals surface area contributed by atoms with Crippen LogP contribution in [-0.4, -0.2) is 61.0 Å². The number of carbonyl (C=O) groups is 1. The predicted octanol–water partition coefficient (Wildman–Crippen LogP) is 2.12. The lowest BCUT2D eigenvalue weighted by Gasteiger charge is -2.22. The lowest BCUT2D eigenvalue weighted by atomic mass is 10.2. The highest BCUT2D eigenvalue weighted by Gasteiger charge is 2.32. The molecule has 0 radical (unpaired) electrons. The SMILES string of the molecule is NC(=O)[C@@H]1CCCN1c1nc(Nc2cc(C3CC3)[nH]n2)n2cc(CN3CCCC3)cc2n1. The normalized spacial score (nSPS) is 21.6. The number of nitrogens with two attached hydrogens (primary N) is 1. The Morgan fingerprint density at radius 3 is 2.75 bits per heavy atom. The van der Waals surface area contributed by atoms with Gasteiger partial charge in [-0.05, 0) is 63.2 Å². The molecule has 0 aromatic carbocycles. The first-order valence-electron chi connectivity index (χ1n) is 11.6. The van der Waals surface area contributed by atoms with Gasteiger partial charge in [0.1, 0.15) is 11.7 Å². The summed E-state index contributed by atoms with van der Waals surface area (Å²) in [6.07, 6.45) is 8.68. The molecule has 3 aromatic rings. The van der Waals surface area contributed by atoms with Crippen molar-refractivity contribution in [1.29, 1.82) is 0 Å². The van der Waals surface area contributed by atoms with Crippen molar-refractivity contribution in [1.82, 2.24) is 29.5 Å². The first-order chi connectivity index (χ1) is 15.6. The third-order valence-corrected chi connectivity index (χ3v) is 6.80. The summed E-state index contributed by atoms with van der Waals surface area (Å²) in [5, 5.41) is 10.9. The maximum absolute atomic E-state index is 12.0. The largest absolute Gasteiger partial charge is 0.368 e. The molecule has 168 valence electrons. The van der Waals surface area contributed by atoms with Crippen LogP contribution < -0.4 is 16.0 Å². The second kappa shape index (κ2) is 7.77. The third-order valence-electron chi connectivity index (χ3n) is 6.80. The molecule has 4 N–H and O–H groups in total. The topological polar surface area (TPSA) is 120 Å². The number of primary amides is 1. The van der Waals surface area contributed by atoms with Crippen LogP contribution in [-0.2, 0) is 11.3 Å². The average Bonchev–Trinajstić information content (AvgIpc) is 3.23. The van der Waals surface area contributed by atoms with Gasteiger partial charge in [-0.15, -0.1) is 0 Å². The van der Waals surface area contributed by atoms with Gasteiger partial charge in [-0.3, -0.25) is 19.2 Å². The molecule has 32 heavy (non-hydrogen) atoms. The smallest absolute Gasteiger partial charge is 0.240 e. The number of nitrogens with zero attached hydrogens (tertiary/aromatic N) is 6. The zero-order valence-electron chi connectivity index (χ0n) is 18.1. The van der Waals surface area contributed by atoms with Crippen molar-refractivity contribution in [3.8, 4) is 0 Å². The molecule has 2 saturated heterocycles. The van der Waals surface area contributed by atoms with Gasteiger partial charge in [-0.1, -0.05) is 0 Å². The summed E-state index contributed by atoms with van der Waals surface area (Å²) in [4.78, 5) is 26.0. The Morgan fingerprint density at radius 2 is 1.97 bits per heavy atom. The Hall–Kier alpha value is -3.14. The van der Waals surface area contributed by atoms with Gasteiger partial charge in [-0.2, -0.15) is 15.1 Å². The summed E-state index contributed by atoms with van der Waals surface area (Å²) >= 11 is 0. The molecule has 3 fully saturated rings. The third kappa shape index (κ3) is 3.68. The number of amides is 1. The van der Waals surface area contributed by atoms with Crippen molar-refractivity contribution in [3.63, 3.8) is 0 Å². The number of hydrogen-bond acceptors (Lipinski definition) is 7. The maximum atomic E-state index is 12.0. The van der Waals surface area contributed by atoms with Crippen LogP contribution in [0.1, 0.15) is 55.7 Å². The monoisotopic (exact) mass is 435 g/mol. The highest BCUT2D eigenvalue weighted by atomic mass is 16.1. The van der Waals surface area contributed by atoms with E-state index in [9.17, 15) is 4.79 Å². The number of aromatic nitrogens is 5. The Bertz CT molecular complexity index is 1140. The Balaban J connectivity index is 1.37. The molecule has 10 heteroatoms. The number of rotatable bonds is 7. The van der Waals surface area contributed by atoms with Crippen LogP contribution >= 0.6 is 0 Å². The summed E-state index contributed by atoms with van der Waals surface area (Å²) in [5.74, 6) is 2.18. The second-order valence-electron chi connectivity index (χ2n) is 9.27. The van der Waals surface area contributed by atoms with Crippen molar-refractivity contribution in [3.05, 3.63) is 29.6 Å². The van der Waals surface area contributed by atoms with Crippen LogP contribution in [0.2, 0.25) is 0 Å². The predicted molar refractivity (Wildman–Crippen MR) is 121 cm³/mol. The van der Waals surface area contributed by atoms with E-state index in [0.717, 1.165) is 56.2 Å². The van der Waals surface area contributed by atoms with E-state index in [4.69, 9.17) is 15.7 Å². The van der Waals surface area contributed by atoms with Crippen LogP contribution in [0.15, 0.2) is 18.3 Å². The minimum Gasteiger partial charge on any atom is -0.368 e. The van der Waals surface area contributed by atoms with E-state index in [0.29, 0.717) is 17.8 Å². The van der Waals surface area contributed by atoms with E-state index < -0.39 is 0 Å². The number of aromatic amines is 1. The molecule has 0 spiro atoms. The Kier molecular flexibility index (Phi) is 4.74. The summed E-state index contributed by atoms with van der Waals surface area (Å²) in [6.45, 7) is 3.90. The molecule has 0 unspecified atom stereocenters. The Labute approximate surface area is 186 Å². The maximum Gasteiger partial charge on any atom is 0.240 e. The molecule has 1 amide bonds. The molecule has 1 saturated carbocycles. The van der Waals surface area contributed by atoms with Gasteiger partial charge < -0.3 is 16.0 Å². The van der Waals surface area contributed by atoms with Crippen LogP contribution in [0, 0.1) is 0 Å². The zero-order valence-corrected chi connectivity index (χ0v) is 18.1. The van der Waals surface area contributed by atoms with Gasteiger partial charge in [0.2, 0.25) is 17.8 Å². The lowest BCUT2D eigenvalue weighted by molar-refractivity contribution is -0.119. The summed E-state index contributed by atoms with van der Waals surface area (Å²) in [5.41, 5.74) is 8.83. The molecule has 1 aliphatic carbocycles. The molecular formula is C22H29N9O. The van der Waals surface area contributed by atoms with Crippen LogP contribution in [0.25, 0.3) is 5.65 Å². The van der Waals surface area contributed by atoms with Gasteiger partial charge in [-0.25, -0.2) is 0 Å².